The second kappa shape index (κ2) is 3.55. The molecule has 4 heterocycles. The second-order valence-electron chi connectivity index (χ2n) is 4.06. The molecule has 3 aliphatic rings. The predicted octanol–water partition coefficient (Wildman–Crippen LogP) is -0.766. The molecule has 6 heteroatoms. The zero-order valence-electron chi connectivity index (χ0n) is 8.46. The summed E-state index contributed by atoms with van der Waals surface area (Å²) in [6.45, 7) is 5.23. The summed E-state index contributed by atoms with van der Waals surface area (Å²) >= 11 is 0. The first-order valence-electron chi connectivity index (χ1n) is 5.26. The van der Waals surface area contributed by atoms with Crippen LogP contribution in [0.5, 0.6) is 0 Å². The van der Waals surface area contributed by atoms with E-state index in [0.717, 1.165) is 32.7 Å². The minimum Gasteiger partial charge on any atom is -0.387 e. The van der Waals surface area contributed by atoms with Crippen LogP contribution >= 0.6 is 0 Å². The van der Waals surface area contributed by atoms with Crippen LogP contribution in [0, 0.1) is 0 Å². The van der Waals surface area contributed by atoms with E-state index in [1.807, 2.05) is 0 Å². The molecule has 0 aromatic carbocycles. The molecule has 4 rings (SSSR count). The van der Waals surface area contributed by atoms with Crippen LogP contribution in [-0.2, 0) is 6.61 Å². The first kappa shape index (κ1) is 9.26. The SMILES string of the molecule is OCc1nc(C2CN3CCN2CC3)no1. The number of hydrogen-bond donors (Lipinski definition) is 1. The molecular weight excluding hydrogens is 196 g/mol. The molecule has 1 N–H and O–H groups in total. The summed E-state index contributed by atoms with van der Waals surface area (Å²) in [7, 11) is 0. The zero-order valence-corrected chi connectivity index (χ0v) is 8.46. The van der Waals surface area contributed by atoms with E-state index in [2.05, 4.69) is 19.9 Å². The van der Waals surface area contributed by atoms with Gasteiger partial charge in [0.15, 0.2) is 5.82 Å². The molecule has 3 saturated heterocycles. The molecular formula is C9H14N4O2. The van der Waals surface area contributed by atoms with E-state index < -0.39 is 0 Å². The summed E-state index contributed by atoms with van der Waals surface area (Å²) in [5.74, 6) is 1.02. The Hall–Kier alpha value is -0.980. The molecule has 0 spiro atoms. The lowest BCUT2D eigenvalue weighted by Gasteiger charge is -2.46. The predicted molar refractivity (Wildman–Crippen MR) is 51.0 cm³/mol. The van der Waals surface area contributed by atoms with Gasteiger partial charge >= 0.3 is 0 Å². The molecule has 2 bridgehead atoms. The number of aliphatic hydroxyl groups is 1. The van der Waals surface area contributed by atoms with E-state index in [9.17, 15) is 0 Å². The fourth-order valence-electron chi connectivity index (χ4n) is 2.33. The maximum atomic E-state index is 8.86. The van der Waals surface area contributed by atoms with Crippen LogP contribution in [0.1, 0.15) is 17.8 Å². The van der Waals surface area contributed by atoms with Crippen molar-refractivity contribution in [2.75, 3.05) is 32.7 Å². The van der Waals surface area contributed by atoms with Gasteiger partial charge in [0.1, 0.15) is 6.61 Å². The summed E-state index contributed by atoms with van der Waals surface area (Å²) < 4.78 is 4.92. The normalized spacial score (nSPS) is 34.6. The Morgan fingerprint density at radius 2 is 2.13 bits per heavy atom. The molecule has 1 aromatic rings. The lowest BCUT2D eigenvalue weighted by molar-refractivity contribution is 0.00781. The van der Waals surface area contributed by atoms with Gasteiger partial charge in [0.25, 0.3) is 5.89 Å². The van der Waals surface area contributed by atoms with Crippen molar-refractivity contribution in [2.24, 2.45) is 0 Å². The monoisotopic (exact) mass is 210 g/mol. The molecule has 0 amide bonds. The third-order valence-corrected chi connectivity index (χ3v) is 3.20. The van der Waals surface area contributed by atoms with Gasteiger partial charge in [-0.1, -0.05) is 5.16 Å². The Kier molecular flexibility index (Phi) is 2.19. The van der Waals surface area contributed by atoms with Crippen molar-refractivity contribution < 1.29 is 9.63 Å². The Morgan fingerprint density at radius 1 is 1.33 bits per heavy atom. The first-order chi connectivity index (χ1) is 7.36. The average molecular weight is 210 g/mol. The Bertz CT molecular complexity index is 346. The second-order valence-corrected chi connectivity index (χ2v) is 4.06. The van der Waals surface area contributed by atoms with E-state index in [-0.39, 0.29) is 12.6 Å². The van der Waals surface area contributed by atoms with Gasteiger partial charge in [0, 0.05) is 32.7 Å². The fourth-order valence-corrected chi connectivity index (χ4v) is 2.33. The quantitative estimate of drug-likeness (QED) is 0.691. The molecule has 1 atom stereocenters. The minimum atomic E-state index is -0.177. The number of hydrogen-bond acceptors (Lipinski definition) is 6. The van der Waals surface area contributed by atoms with Crippen LogP contribution in [0.25, 0.3) is 0 Å². The smallest absolute Gasteiger partial charge is 0.252 e. The highest BCUT2D eigenvalue weighted by atomic mass is 16.5. The highest BCUT2D eigenvalue weighted by molar-refractivity contribution is 5.01. The Balaban J connectivity index is 1.81. The van der Waals surface area contributed by atoms with E-state index in [1.165, 1.54) is 0 Å². The lowest BCUT2D eigenvalue weighted by Crippen LogP contribution is -2.57. The van der Waals surface area contributed by atoms with Gasteiger partial charge in [-0.05, 0) is 0 Å². The van der Waals surface area contributed by atoms with E-state index in [1.54, 1.807) is 0 Å². The highest BCUT2D eigenvalue weighted by Crippen LogP contribution is 2.26. The Labute approximate surface area is 87.5 Å². The summed E-state index contributed by atoms with van der Waals surface area (Å²) in [6.07, 6.45) is 0. The number of rotatable bonds is 2. The van der Waals surface area contributed by atoms with Crippen LogP contribution in [0.15, 0.2) is 4.52 Å². The number of fused-ring (bicyclic) bond motifs is 3. The average Bonchev–Trinajstić information content (AvgIpc) is 2.79. The summed E-state index contributed by atoms with van der Waals surface area (Å²) in [5, 5.41) is 12.8. The summed E-state index contributed by atoms with van der Waals surface area (Å²) in [6, 6.07) is 0.247. The molecule has 6 nitrogen and oxygen atoms in total. The van der Waals surface area contributed by atoms with Crippen LogP contribution in [0.2, 0.25) is 0 Å². The third-order valence-electron chi connectivity index (χ3n) is 3.20. The lowest BCUT2D eigenvalue weighted by atomic mass is 10.1. The van der Waals surface area contributed by atoms with Gasteiger partial charge in [0.05, 0.1) is 6.04 Å². The molecule has 0 aliphatic carbocycles. The Morgan fingerprint density at radius 3 is 2.67 bits per heavy atom. The number of aliphatic hydroxyl groups excluding tert-OH is 1. The van der Waals surface area contributed by atoms with E-state index in [4.69, 9.17) is 9.63 Å². The number of nitrogens with zero attached hydrogens (tertiary/aromatic N) is 4. The van der Waals surface area contributed by atoms with Crippen LogP contribution in [-0.4, -0.2) is 57.8 Å². The summed E-state index contributed by atoms with van der Waals surface area (Å²) in [5.41, 5.74) is 0. The highest BCUT2D eigenvalue weighted by Gasteiger charge is 2.35. The van der Waals surface area contributed by atoms with Gasteiger partial charge in [-0.15, -0.1) is 0 Å². The van der Waals surface area contributed by atoms with Crippen LogP contribution in [0.3, 0.4) is 0 Å². The van der Waals surface area contributed by atoms with Crippen molar-refractivity contribution in [2.45, 2.75) is 12.6 Å². The van der Waals surface area contributed by atoms with Crippen molar-refractivity contribution in [3.05, 3.63) is 11.7 Å². The molecule has 1 unspecified atom stereocenters. The number of aromatic nitrogens is 2. The molecule has 82 valence electrons. The zero-order chi connectivity index (χ0) is 10.3. The van der Waals surface area contributed by atoms with Crippen molar-refractivity contribution in [3.63, 3.8) is 0 Å². The third kappa shape index (κ3) is 1.54. The maximum Gasteiger partial charge on any atom is 0.252 e. The van der Waals surface area contributed by atoms with Crippen molar-refractivity contribution in [3.8, 4) is 0 Å². The maximum absolute atomic E-state index is 8.86. The van der Waals surface area contributed by atoms with E-state index >= 15 is 0 Å². The van der Waals surface area contributed by atoms with Gasteiger partial charge in [-0.25, -0.2) is 0 Å². The molecule has 1 aromatic heterocycles. The van der Waals surface area contributed by atoms with Gasteiger partial charge in [-0.2, -0.15) is 4.98 Å². The molecule has 15 heavy (non-hydrogen) atoms. The standard InChI is InChI=1S/C9H14N4O2/c14-6-8-10-9(11-15-8)7-5-12-1-3-13(7)4-2-12/h7,14H,1-6H2. The van der Waals surface area contributed by atoms with Crippen molar-refractivity contribution >= 4 is 0 Å². The van der Waals surface area contributed by atoms with Crippen molar-refractivity contribution in [1.29, 1.82) is 0 Å². The topological polar surface area (TPSA) is 65.6 Å². The molecule has 0 radical (unpaired) electrons. The van der Waals surface area contributed by atoms with Crippen LogP contribution < -0.4 is 0 Å². The number of piperazine rings is 3. The molecule has 0 saturated carbocycles. The van der Waals surface area contributed by atoms with Crippen molar-refractivity contribution in [1.82, 2.24) is 19.9 Å². The molecule has 3 fully saturated rings. The van der Waals surface area contributed by atoms with Gasteiger partial charge in [0.2, 0.25) is 0 Å². The van der Waals surface area contributed by atoms with Gasteiger partial charge < -0.3 is 9.63 Å². The van der Waals surface area contributed by atoms with Crippen LogP contribution in [0.4, 0.5) is 0 Å². The minimum absolute atomic E-state index is 0.177. The fraction of sp³-hybridized carbons (Fsp3) is 0.778. The largest absolute Gasteiger partial charge is 0.387 e. The van der Waals surface area contributed by atoms with Gasteiger partial charge in [-0.3, -0.25) is 9.80 Å². The molecule has 3 aliphatic heterocycles. The first-order valence-corrected chi connectivity index (χ1v) is 5.26. The summed E-state index contributed by atoms with van der Waals surface area (Å²) in [4.78, 5) is 8.97. The van der Waals surface area contributed by atoms with E-state index in [0.29, 0.717) is 11.7 Å².